The Morgan fingerprint density at radius 1 is 1.06 bits per heavy atom. The Hall–Kier alpha value is -4.84. The van der Waals surface area contributed by atoms with E-state index in [-0.39, 0.29) is 11.4 Å². The number of aryl methyl sites for hydroxylation is 1. The maximum atomic E-state index is 12.0. The summed E-state index contributed by atoms with van der Waals surface area (Å²) in [6.45, 7) is 0. The molecule has 33 heavy (non-hydrogen) atoms. The van der Waals surface area contributed by atoms with Crippen LogP contribution in [-0.2, 0) is 13.5 Å². The highest BCUT2D eigenvalue weighted by molar-refractivity contribution is 5.82. The number of hydrogen-bond donors (Lipinski definition) is 1. The first-order valence-electron chi connectivity index (χ1n) is 10.2. The quantitative estimate of drug-likeness (QED) is 0.460. The van der Waals surface area contributed by atoms with Gasteiger partial charge in [-0.15, -0.1) is 0 Å². The number of anilines is 1. The summed E-state index contributed by atoms with van der Waals surface area (Å²) in [4.78, 5) is 25.6. The van der Waals surface area contributed by atoms with Crippen LogP contribution >= 0.6 is 0 Å². The second-order valence-corrected chi connectivity index (χ2v) is 7.52. The lowest BCUT2D eigenvalue weighted by Gasteiger charge is -2.13. The van der Waals surface area contributed by atoms with Gasteiger partial charge in [0.1, 0.15) is 5.69 Å². The van der Waals surface area contributed by atoms with E-state index in [4.69, 9.17) is 10.8 Å². The fourth-order valence-corrected chi connectivity index (χ4v) is 3.67. The van der Waals surface area contributed by atoms with Gasteiger partial charge in [0, 0.05) is 42.3 Å². The third-order valence-corrected chi connectivity index (χ3v) is 5.24. The van der Waals surface area contributed by atoms with Gasteiger partial charge in [-0.1, -0.05) is 18.2 Å². The highest BCUT2D eigenvalue weighted by Crippen LogP contribution is 2.32. The number of fused-ring (bicyclic) bond motifs is 1. The normalized spacial score (nSPS) is 10.9. The summed E-state index contributed by atoms with van der Waals surface area (Å²) in [5, 5.41) is 14.1. The van der Waals surface area contributed by atoms with Crippen molar-refractivity contribution in [3.63, 3.8) is 0 Å². The fraction of sp³-hybridized carbons (Fsp3) is 0.0833. The molecule has 0 atom stereocenters. The molecule has 0 aliphatic rings. The van der Waals surface area contributed by atoms with Gasteiger partial charge in [0.25, 0.3) is 0 Å². The van der Waals surface area contributed by atoms with Crippen molar-refractivity contribution in [2.24, 2.45) is 7.05 Å². The average molecular weight is 434 g/mol. The van der Waals surface area contributed by atoms with Crippen LogP contribution in [0.3, 0.4) is 0 Å². The number of nitrogen functional groups attached to an aromatic ring is 1. The molecular formula is C24H18N8O. The number of pyridine rings is 2. The molecule has 0 fully saturated rings. The van der Waals surface area contributed by atoms with Crippen LogP contribution < -0.4 is 11.3 Å². The van der Waals surface area contributed by atoms with E-state index >= 15 is 0 Å². The monoisotopic (exact) mass is 434 g/mol. The standard InChI is InChI=1S/C24H18N8O/c1-31-14-17(8-9-20(31)33)22-21(16-6-4-5-15(11-16)13-25)29-23(26)24-28-19(30-32(22)24)12-18-7-2-3-10-27-18/h2-11,14H,12H2,1H3,(H2,26,29). The molecule has 9 nitrogen and oxygen atoms in total. The predicted octanol–water partition coefficient (Wildman–Crippen LogP) is 2.60. The molecule has 0 unspecified atom stereocenters. The predicted molar refractivity (Wildman–Crippen MR) is 123 cm³/mol. The van der Waals surface area contributed by atoms with Crippen molar-refractivity contribution in [3.05, 3.63) is 94.4 Å². The number of nitrogens with zero attached hydrogens (tertiary/aromatic N) is 7. The van der Waals surface area contributed by atoms with Crippen molar-refractivity contribution >= 4 is 11.5 Å². The SMILES string of the molecule is Cn1cc(-c2c(-c3cccc(C#N)c3)nc(N)c3nc(Cc4ccccn4)nn23)ccc1=O. The van der Waals surface area contributed by atoms with Crippen LogP contribution in [-0.4, -0.2) is 29.1 Å². The Labute approximate surface area is 188 Å². The number of nitriles is 1. The van der Waals surface area contributed by atoms with Gasteiger partial charge in [0.05, 0.1) is 23.7 Å². The topological polar surface area (TPSA) is 128 Å². The molecule has 2 N–H and O–H groups in total. The van der Waals surface area contributed by atoms with Crippen LogP contribution in [0.2, 0.25) is 0 Å². The largest absolute Gasteiger partial charge is 0.381 e. The first kappa shape index (κ1) is 20.1. The van der Waals surface area contributed by atoms with Crippen molar-refractivity contribution in [3.8, 4) is 28.6 Å². The van der Waals surface area contributed by atoms with E-state index in [9.17, 15) is 10.1 Å². The van der Waals surface area contributed by atoms with Crippen LogP contribution in [0.5, 0.6) is 0 Å². The number of nitrogens with two attached hydrogens (primary N) is 1. The highest BCUT2D eigenvalue weighted by Gasteiger charge is 2.20. The molecule has 160 valence electrons. The van der Waals surface area contributed by atoms with Crippen molar-refractivity contribution in [2.45, 2.75) is 6.42 Å². The maximum absolute atomic E-state index is 12.0. The molecule has 4 heterocycles. The molecule has 0 spiro atoms. The molecule has 0 aliphatic heterocycles. The number of aromatic nitrogens is 6. The Kier molecular flexibility index (Phi) is 4.88. The summed E-state index contributed by atoms with van der Waals surface area (Å²) < 4.78 is 3.13. The smallest absolute Gasteiger partial charge is 0.250 e. The zero-order valence-corrected chi connectivity index (χ0v) is 17.7. The lowest BCUT2D eigenvalue weighted by Crippen LogP contribution is -2.15. The van der Waals surface area contributed by atoms with Gasteiger partial charge in [-0.05, 0) is 30.3 Å². The van der Waals surface area contributed by atoms with Crippen molar-refractivity contribution in [1.82, 2.24) is 29.1 Å². The van der Waals surface area contributed by atoms with Gasteiger partial charge in [-0.3, -0.25) is 9.78 Å². The summed E-state index contributed by atoms with van der Waals surface area (Å²) in [7, 11) is 1.68. The third-order valence-electron chi connectivity index (χ3n) is 5.24. The van der Waals surface area contributed by atoms with E-state index in [1.54, 1.807) is 48.2 Å². The van der Waals surface area contributed by atoms with Gasteiger partial charge in [-0.2, -0.15) is 10.4 Å². The molecule has 5 rings (SSSR count). The van der Waals surface area contributed by atoms with E-state index in [0.717, 1.165) is 5.69 Å². The number of hydrogen-bond acceptors (Lipinski definition) is 7. The zero-order chi connectivity index (χ0) is 22.9. The summed E-state index contributed by atoms with van der Waals surface area (Å²) in [6, 6.07) is 18.1. The lowest BCUT2D eigenvalue weighted by molar-refractivity contribution is 0.854. The van der Waals surface area contributed by atoms with E-state index in [1.165, 1.54) is 10.6 Å². The van der Waals surface area contributed by atoms with Gasteiger partial charge >= 0.3 is 0 Å². The zero-order valence-electron chi connectivity index (χ0n) is 17.7. The Balaban J connectivity index is 1.79. The van der Waals surface area contributed by atoms with Gasteiger partial charge in [-0.25, -0.2) is 14.5 Å². The molecule has 0 saturated heterocycles. The van der Waals surface area contributed by atoms with Crippen molar-refractivity contribution in [2.75, 3.05) is 5.73 Å². The van der Waals surface area contributed by atoms with Crippen LogP contribution in [0.1, 0.15) is 17.1 Å². The molecule has 5 aromatic rings. The van der Waals surface area contributed by atoms with E-state index in [2.05, 4.69) is 21.0 Å². The first-order chi connectivity index (χ1) is 16.0. The van der Waals surface area contributed by atoms with Crippen molar-refractivity contribution < 1.29 is 0 Å². The van der Waals surface area contributed by atoms with Crippen LogP contribution in [0.25, 0.3) is 28.2 Å². The Bertz CT molecular complexity index is 1600. The third kappa shape index (κ3) is 3.70. The summed E-state index contributed by atoms with van der Waals surface area (Å²) >= 11 is 0. The number of rotatable bonds is 4. The lowest BCUT2D eigenvalue weighted by atomic mass is 10.0. The first-order valence-corrected chi connectivity index (χ1v) is 10.2. The molecule has 0 bridgehead atoms. The Morgan fingerprint density at radius 2 is 1.94 bits per heavy atom. The highest BCUT2D eigenvalue weighted by atomic mass is 16.1. The molecule has 0 radical (unpaired) electrons. The van der Waals surface area contributed by atoms with Crippen LogP contribution in [0.4, 0.5) is 5.82 Å². The van der Waals surface area contributed by atoms with Crippen molar-refractivity contribution in [1.29, 1.82) is 5.26 Å². The van der Waals surface area contributed by atoms with E-state index in [0.29, 0.717) is 46.0 Å². The molecular weight excluding hydrogens is 416 g/mol. The van der Waals surface area contributed by atoms with Gasteiger partial charge in [0.2, 0.25) is 5.56 Å². The fourth-order valence-electron chi connectivity index (χ4n) is 3.67. The molecule has 1 aromatic carbocycles. The molecule has 0 aliphatic carbocycles. The summed E-state index contributed by atoms with van der Waals surface area (Å²) in [6.07, 6.45) is 3.86. The molecule has 0 saturated carbocycles. The minimum absolute atomic E-state index is 0.138. The van der Waals surface area contributed by atoms with Crippen LogP contribution in [0.15, 0.2) is 71.8 Å². The molecule has 9 heteroatoms. The van der Waals surface area contributed by atoms with E-state index in [1.807, 2.05) is 24.3 Å². The average Bonchev–Trinajstić information content (AvgIpc) is 3.25. The summed E-state index contributed by atoms with van der Waals surface area (Å²) in [5.41, 5.74) is 10.4. The minimum atomic E-state index is -0.138. The van der Waals surface area contributed by atoms with Gasteiger partial charge in [0.15, 0.2) is 17.3 Å². The van der Waals surface area contributed by atoms with E-state index < -0.39 is 0 Å². The maximum Gasteiger partial charge on any atom is 0.250 e. The van der Waals surface area contributed by atoms with Gasteiger partial charge < -0.3 is 10.3 Å². The minimum Gasteiger partial charge on any atom is -0.381 e. The van der Waals surface area contributed by atoms with Crippen LogP contribution in [0, 0.1) is 11.3 Å². The number of benzene rings is 1. The Morgan fingerprint density at radius 3 is 2.70 bits per heavy atom. The second-order valence-electron chi connectivity index (χ2n) is 7.52. The summed E-state index contributed by atoms with van der Waals surface area (Å²) in [5.74, 6) is 0.747. The second kappa shape index (κ2) is 8.01. The molecule has 4 aromatic heterocycles. The molecule has 0 amide bonds.